The van der Waals surface area contributed by atoms with Gasteiger partial charge >= 0.3 is 0 Å². The Morgan fingerprint density at radius 1 is 1.03 bits per heavy atom. The molecule has 1 N–H and O–H groups in total. The van der Waals surface area contributed by atoms with Gasteiger partial charge in [-0.05, 0) is 44.0 Å². The monoisotopic (exact) mass is 385 g/mol. The molecule has 0 radical (unpaired) electrons. The second kappa shape index (κ2) is 6.52. The summed E-state index contributed by atoms with van der Waals surface area (Å²) in [4.78, 5) is 20.6. The van der Waals surface area contributed by atoms with Crippen LogP contribution in [-0.2, 0) is 4.74 Å². The maximum atomic E-state index is 5.66. The minimum Gasteiger partial charge on any atom is -0.377 e. The lowest BCUT2D eigenvalue weighted by Crippen LogP contribution is -2.44. The van der Waals surface area contributed by atoms with Crippen molar-refractivity contribution in [3.63, 3.8) is 0 Å². The zero-order valence-electron chi connectivity index (χ0n) is 16.4. The zero-order valence-corrected chi connectivity index (χ0v) is 16.4. The highest BCUT2D eigenvalue weighted by Gasteiger charge is 2.27. The number of aromatic amines is 1. The van der Waals surface area contributed by atoms with E-state index in [1.165, 1.54) is 12.8 Å². The first kappa shape index (κ1) is 16.9. The molecule has 1 saturated heterocycles. The number of fused-ring (bicyclic) bond motifs is 2. The van der Waals surface area contributed by atoms with Crippen LogP contribution < -0.4 is 4.90 Å². The van der Waals surface area contributed by atoms with E-state index in [0.717, 1.165) is 51.4 Å². The molecule has 4 heterocycles. The summed E-state index contributed by atoms with van der Waals surface area (Å²) in [5.41, 5.74) is 4.07. The molecule has 1 atom stereocenters. The zero-order chi connectivity index (χ0) is 19.4. The molecule has 146 valence electrons. The van der Waals surface area contributed by atoms with Crippen molar-refractivity contribution in [3.05, 3.63) is 48.3 Å². The summed E-state index contributed by atoms with van der Waals surface area (Å²) in [5, 5.41) is 2.15. The lowest BCUT2D eigenvalue weighted by Gasteiger charge is -2.35. The fraction of sp³-hybridized carbons (Fsp3) is 0.348. The summed E-state index contributed by atoms with van der Waals surface area (Å²) < 4.78 is 5.66. The molecule has 0 spiro atoms. The van der Waals surface area contributed by atoms with Gasteiger partial charge in [0.1, 0.15) is 5.82 Å². The molecule has 4 aromatic rings. The molecule has 3 aromatic heterocycles. The standard InChI is InChI=1S/C23H23N5O/c1-14-13-29-12-11-28(14)23-18-7-8-19(15-5-6-15)25-22(18)26-21(27-23)17-3-2-4-20-16(17)9-10-24-20/h2-4,7-10,14-15,24H,5-6,11-13H2,1H3/t14-/m1/s1. The number of H-pyrrole nitrogens is 1. The molecule has 0 amide bonds. The van der Waals surface area contributed by atoms with Crippen molar-refractivity contribution < 1.29 is 4.74 Å². The molecule has 2 aliphatic rings. The number of anilines is 1. The third-order valence-corrected chi connectivity index (χ3v) is 6.03. The second-order valence-corrected chi connectivity index (χ2v) is 8.11. The molecular formula is C23H23N5O. The molecule has 1 aliphatic carbocycles. The Kier molecular flexibility index (Phi) is 3.81. The third kappa shape index (κ3) is 2.86. The fourth-order valence-electron chi connectivity index (χ4n) is 4.28. The predicted molar refractivity (Wildman–Crippen MR) is 114 cm³/mol. The van der Waals surface area contributed by atoms with Crippen LogP contribution in [0.25, 0.3) is 33.3 Å². The topological polar surface area (TPSA) is 66.9 Å². The summed E-state index contributed by atoms with van der Waals surface area (Å²) in [6.45, 7) is 4.44. The van der Waals surface area contributed by atoms with Gasteiger partial charge in [0.2, 0.25) is 0 Å². The molecule has 6 nitrogen and oxygen atoms in total. The average molecular weight is 385 g/mol. The van der Waals surface area contributed by atoms with Crippen molar-refractivity contribution >= 4 is 27.8 Å². The number of nitrogens with zero attached hydrogens (tertiary/aromatic N) is 4. The van der Waals surface area contributed by atoms with Gasteiger partial charge in [-0.3, -0.25) is 0 Å². The minimum absolute atomic E-state index is 0.265. The van der Waals surface area contributed by atoms with Crippen molar-refractivity contribution in [2.45, 2.75) is 31.7 Å². The number of aromatic nitrogens is 4. The number of nitrogens with one attached hydrogen (secondary N) is 1. The van der Waals surface area contributed by atoms with E-state index in [9.17, 15) is 0 Å². The first-order chi connectivity index (χ1) is 14.3. The number of hydrogen-bond acceptors (Lipinski definition) is 5. The summed E-state index contributed by atoms with van der Waals surface area (Å²) in [6.07, 6.45) is 4.42. The van der Waals surface area contributed by atoms with Gasteiger partial charge in [0.15, 0.2) is 11.5 Å². The van der Waals surface area contributed by atoms with Crippen LogP contribution in [0.2, 0.25) is 0 Å². The maximum absolute atomic E-state index is 5.66. The quantitative estimate of drug-likeness (QED) is 0.570. The van der Waals surface area contributed by atoms with Gasteiger partial charge in [-0.25, -0.2) is 15.0 Å². The smallest absolute Gasteiger partial charge is 0.165 e. The second-order valence-electron chi connectivity index (χ2n) is 8.11. The molecule has 0 unspecified atom stereocenters. The molecule has 6 rings (SSSR count). The van der Waals surface area contributed by atoms with E-state index in [0.29, 0.717) is 19.1 Å². The Bertz CT molecular complexity index is 1210. The van der Waals surface area contributed by atoms with Crippen molar-refractivity contribution in [3.8, 4) is 11.4 Å². The van der Waals surface area contributed by atoms with Crippen LogP contribution in [-0.4, -0.2) is 45.7 Å². The third-order valence-electron chi connectivity index (χ3n) is 6.03. The summed E-state index contributed by atoms with van der Waals surface area (Å²) in [7, 11) is 0. The molecule has 1 aromatic carbocycles. The number of benzene rings is 1. The summed E-state index contributed by atoms with van der Waals surface area (Å²) >= 11 is 0. The maximum Gasteiger partial charge on any atom is 0.165 e. The number of ether oxygens (including phenoxy) is 1. The van der Waals surface area contributed by atoms with E-state index in [2.05, 4.69) is 47.1 Å². The van der Waals surface area contributed by atoms with Gasteiger partial charge in [-0.15, -0.1) is 0 Å². The van der Waals surface area contributed by atoms with Crippen molar-refractivity contribution in [2.24, 2.45) is 0 Å². The van der Waals surface area contributed by atoms with E-state index in [-0.39, 0.29) is 6.04 Å². The van der Waals surface area contributed by atoms with Gasteiger partial charge < -0.3 is 14.6 Å². The SMILES string of the molecule is C[C@@H]1COCCN1c1nc(-c2cccc3[nH]ccc23)nc2nc(C3CC3)ccc12. The first-order valence-corrected chi connectivity index (χ1v) is 10.4. The van der Waals surface area contributed by atoms with Crippen molar-refractivity contribution in [1.82, 2.24) is 19.9 Å². The van der Waals surface area contributed by atoms with Gasteiger partial charge in [0.05, 0.1) is 24.6 Å². The lowest BCUT2D eigenvalue weighted by molar-refractivity contribution is 0.0987. The normalized spacial score (nSPS) is 19.9. The summed E-state index contributed by atoms with van der Waals surface area (Å²) in [6, 6.07) is 12.9. The fourth-order valence-corrected chi connectivity index (χ4v) is 4.28. The van der Waals surface area contributed by atoms with Crippen LogP contribution in [0, 0.1) is 0 Å². The molecule has 1 saturated carbocycles. The van der Waals surface area contributed by atoms with Crippen molar-refractivity contribution in [1.29, 1.82) is 0 Å². The largest absolute Gasteiger partial charge is 0.377 e. The Morgan fingerprint density at radius 3 is 2.83 bits per heavy atom. The Morgan fingerprint density at radius 2 is 1.97 bits per heavy atom. The predicted octanol–water partition coefficient (Wildman–Crippen LogP) is 4.28. The van der Waals surface area contributed by atoms with Crippen LogP contribution >= 0.6 is 0 Å². The van der Waals surface area contributed by atoms with E-state index in [1.54, 1.807) is 0 Å². The van der Waals surface area contributed by atoms with E-state index < -0.39 is 0 Å². The van der Waals surface area contributed by atoms with E-state index in [1.807, 2.05) is 12.3 Å². The van der Waals surface area contributed by atoms with Crippen LogP contribution in [0.3, 0.4) is 0 Å². The number of rotatable bonds is 3. The molecule has 1 aliphatic heterocycles. The Labute approximate surface area is 169 Å². The van der Waals surface area contributed by atoms with Gasteiger partial charge in [-0.2, -0.15) is 0 Å². The molecule has 6 heteroatoms. The lowest BCUT2D eigenvalue weighted by atomic mass is 10.1. The van der Waals surface area contributed by atoms with E-state index >= 15 is 0 Å². The first-order valence-electron chi connectivity index (χ1n) is 10.4. The van der Waals surface area contributed by atoms with Crippen LogP contribution in [0.15, 0.2) is 42.6 Å². The van der Waals surface area contributed by atoms with Crippen LogP contribution in [0.4, 0.5) is 5.82 Å². The number of morpholine rings is 1. The highest BCUT2D eigenvalue weighted by molar-refractivity contribution is 5.96. The summed E-state index contributed by atoms with van der Waals surface area (Å²) in [5.74, 6) is 2.29. The van der Waals surface area contributed by atoms with Gasteiger partial charge in [0, 0.05) is 40.8 Å². The van der Waals surface area contributed by atoms with Gasteiger partial charge in [0.25, 0.3) is 0 Å². The van der Waals surface area contributed by atoms with Crippen molar-refractivity contribution in [2.75, 3.05) is 24.7 Å². The van der Waals surface area contributed by atoms with Crippen LogP contribution in [0.5, 0.6) is 0 Å². The van der Waals surface area contributed by atoms with E-state index in [4.69, 9.17) is 19.7 Å². The highest BCUT2D eigenvalue weighted by atomic mass is 16.5. The van der Waals surface area contributed by atoms with Crippen LogP contribution in [0.1, 0.15) is 31.4 Å². The Balaban J connectivity index is 1.59. The molecular weight excluding hydrogens is 362 g/mol. The molecule has 2 fully saturated rings. The molecule has 0 bridgehead atoms. The molecule has 29 heavy (non-hydrogen) atoms. The number of hydrogen-bond donors (Lipinski definition) is 1. The van der Waals surface area contributed by atoms with Gasteiger partial charge in [-0.1, -0.05) is 12.1 Å². The minimum atomic E-state index is 0.265. The highest BCUT2D eigenvalue weighted by Crippen LogP contribution is 2.40. The Hall–Kier alpha value is -2.99. The number of pyridine rings is 1. The average Bonchev–Trinajstić information content (AvgIpc) is 3.49.